The molecule has 0 amide bonds. The van der Waals surface area contributed by atoms with Gasteiger partial charge in [-0.25, -0.2) is 0 Å². The Hall–Kier alpha value is -1.15. The number of hydrogen-bond acceptors (Lipinski definition) is 1. The Morgan fingerprint density at radius 2 is 1.80 bits per heavy atom. The van der Waals surface area contributed by atoms with Crippen molar-refractivity contribution in [3.05, 3.63) is 52.0 Å². The monoisotopic (exact) mass is 218 g/mol. The number of thiazole rings is 1. The number of aromatic nitrogens is 1. The van der Waals surface area contributed by atoms with Crippen LogP contribution in [0.5, 0.6) is 0 Å². The van der Waals surface area contributed by atoms with Crippen LogP contribution in [0.1, 0.15) is 29.1 Å². The molecule has 15 heavy (non-hydrogen) atoms. The van der Waals surface area contributed by atoms with Crippen LogP contribution in [0.15, 0.2) is 35.8 Å². The number of aryl methyl sites for hydroxylation is 1. The highest BCUT2D eigenvalue weighted by molar-refractivity contribution is 7.09. The Morgan fingerprint density at radius 3 is 2.33 bits per heavy atom. The molecule has 2 rings (SSSR count). The van der Waals surface area contributed by atoms with Gasteiger partial charge in [-0.3, -0.25) is 0 Å². The van der Waals surface area contributed by atoms with Gasteiger partial charge >= 0.3 is 0 Å². The molecule has 1 atom stereocenters. The molecule has 0 aliphatic heterocycles. The van der Waals surface area contributed by atoms with Crippen molar-refractivity contribution in [3.8, 4) is 0 Å². The van der Waals surface area contributed by atoms with Gasteiger partial charge in [0.05, 0.1) is 4.88 Å². The van der Waals surface area contributed by atoms with Crippen LogP contribution in [-0.2, 0) is 0 Å². The lowest BCUT2D eigenvalue weighted by Crippen LogP contribution is -2.38. The zero-order valence-electron chi connectivity index (χ0n) is 9.40. The quantitative estimate of drug-likeness (QED) is 0.681. The first-order valence-electron chi connectivity index (χ1n) is 5.21. The molecular weight excluding hydrogens is 202 g/mol. The largest absolute Gasteiger partial charge is 0.225 e. The summed E-state index contributed by atoms with van der Waals surface area (Å²) in [6.45, 7) is 6.61. The van der Waals surface area contributed by atoms with E-state index >= 15 is 0 Å². The minimum atomic E-state index is 0.427. The highest BCUT2D eigenvalue weighted by Crippen LogP contribution is 2.16. The van der Waals surface area contributed by atoms with Gasteiger partial charge in [0.2, 0.25) is 5.51 Å². The van der Waals surface area contributed by atoms with Crippen LogP contribution >= 0.6 is 11.3 Å². The Morgan fingerprint density at radius 1 is 1.13 bits per heavy atom. The maximum absolute atomic E-state index is 2.34. The molecule has 2 aromatic rings. The Bertz CT molecular complexity index is 445. The third kappa shape index (κ3) is 1.95. The van der Waals surface area contributed by atoms with Crippen molar-refractivity contribution < 1.29 is 4.57 Å². The average molecular weight is 218 g/mol. The van der Waals surface area contributed by atoms with Gasteiger partial charge in [-0.05, 0) is 6.92 Å². The standard InChI is InChI=1S/C13H16NS/c1-10-12(3)15-9-14(10)11(2)13-7-5-4-6-8-13/h4-9,11H,1-3H3/q+1. The van der Waals surface area contributed by atoms with Crippen molar-refractivity contribution in [3.63, 3.8) is 0 Å². The molecule has 0 radical (unpaired) electrons. The van der Waals surface area contributed by atoms with Crippen LogP contribution in [0.4, 0.5) is 0 Å². The lowest BCUT2D eigenvalue weighted by atomic mass is 10.1. The lowest BCUT2D eigenvalue weighted by molar-refractivity contribution is -0.711. The van der Waals surface area contributed by atoms with E-state index in [0.717, 1.165) is 0 Å². The smallest absolute Gasteiger partial charge is 0.186 e. The number of hydrogen-bond donors (Lipinski definition) is 0. The van der Waals surface area contributed by atoms with Gasteiger partial charge in [-0.15, -0.1) is 0 Å². The van der Waals surface area contributed by atoms with E-state index in [-0.39, 0.29) is 0 Å². The first-order valence-corrected chi connectivity index (χ1v) is 6.09. The molecule has 1 aromatic carbocycles. The molecule has 0 spiro atoms. The molecule has 0 N–H and O–H groups in total. The van der Waals surface area contributed by atoms with E-state index in [4.69, 9.17) is 0 Å². The summed E-state index contributed by atoms with van der Waals surface area (Å²) < 4.78 is 2.34. The van der Waals surface area contributed by atoms with E-state index in [1.165, 1.54) is 16.1 Å². The van der Waals surface area contributed by atoms with Crippen LogP contribution in [0.2, 0.25) is 0 Å². The summed E-state index contributed by atoms with van der Waals surface area (Å²) in [5.41, 5.74) is 4.95. The molecule has 1 unspecified atom stereocenters. The Labute approximate surface area is 95.0 Å². The summed E-state index contributed by atoms with van der Waals surface area (Å²) in [6, 6.07) is 11.1. The van der Waals surface area contributed by atoms with Crippen molar-refractivity contribution in [2.45, 2.75) is 26.8 Å². The predicted molar refractivity (Wildman–Crippen MR) is 64.2 cm³/mol. The highest BCUT2D eigenvalue weighted by atomic mass is 32.1. The summed E-state index contributed by atoms with van der Waals surface area (Å²) in [4.78, 5) is 1.40. The van der Waals surface area contributed by atoms with E-state index in [1.807, 2.05) is 11.3 Å². The van der Waals surface area contributed by atoms with Gasteiger partial charge in [0.1, 0.15) is 0 Å². The maximum Gasteiger partial charge on any atom is 0.225 e. The maximum atomic E-state index is 2.34. The minimum Gasteiger partial charge on any atom is -0.186 e. The average Bonchev–Trinajstić information content (AvgIpc) is 2.60. The van der Waals surface area contributed by atoms with Crippen LogP contribution in [0, 0.1) is 13.8 Å². The van der Waals surface area contributed by atoms with Crippen LogP contribution < -0.4 is 4.57 Å². The fraction of sp³-hybridized carbons (Fsp3) is 0.308. The summed E-state index contributed by atoms with van der Waals surface area (Å²) >= 11 is 1.82. The highest BCUT2D eigenvalue weighted by Gasteiger charge is 2.20. The van der Waals surface area contributed by atoms with E-state index in [9.17, 15) is 0 Å². The summed E-state index contributed by atoms with van der Waals surface area (Å²) in [6.07, 6.45) is 0. The third-order valence-corrected chi connectivity index (χ3v) is 3.92. The number of rotatable bonds is 2. The van der Waals surface area contributed by atoms with Crippen molar-refractivity contribution in [1.29, 1.82) is 0 Å². The molecule has 0 saturated heterocycles. The van der Waals surface area contributed by atoms with E-state index in [2.05, 4.69) is 61.2 Å². The lowest BCUT2D eigenvalue weighted by Gasteiger charge is -2.06. The molecule has 1 aromatic heterocycles. The summed E-state index contributed by atoms with van der Waals surface area (Å²) in [5.74, 6) is 0. The molecule has 0 saturated carbocycles. The second kappa shape index (κ2) is 4.15. The van der Waals surface area contributed by atoms with Gasteiger partial charge < -0.3 is 0 Å². The zero-order valence-corrected chi connectivity index (χ0v) is 10.2. The Kier molecular flexibility index (Phi) is 2.87. The van der Waals surface area contributed by atoms with E-state index in [0.29, 0.717) is 6.04 Å². The molecule has 2 heteroatoms. The summed E-state index contributed by atoms with van der Waals surface area (Å²) in [5, 5.41) is 0. The molecule has 0 bridgehead atoms. The first kappa shape index (κ1) is 10.4. The van der Waals surface area contributed by atoms with Gasteiger partial charge in [0.25, 0.3) is 0 Å². The van der Waals surface area contributed by atoms with Gasteiger partial charge in [0, 0.05) is 19.4 Å². The number of benzene rings is 1. The zero-order chi connectivity index (χ0) is 10.8. The van der Waals surface area contributed by atoms with Crippen LogP contribution in [0.25, 0.3) is 0 Å². The predicted octanol–water partition coefficient (Wildman–Crippen LogP) is 3.26. The molecule has 78 valence electrons. The molecule has 0 aliphatic rings. The van der Waals surface area contributed by atoms with Crippen molar-refractivity contribution in [2.24, 2.45) is 0 Å². The summed E-state index contributed by atoms with van der Waals surface area (Å²) in [7, 11) is 0. The number of nitrogens with zero attached hydrogens (tertiary/aromatic N) is 1. The van der Waals surface area contributed by atoms with Gasteiger partial charge in [-0.1, -0.05) is 41.7 Å². The van der Waals surface area contributed by atoms with Gasteiger partial charge in [0.15, 0.2) is 11.7 Å². The normalized spacial score (nSPS) is 12.7. The minimum absolute atomic E-state index is 0.427. The second-order valence-corrected chi connectivity index (χ2v) is 4.92. The molecule has 1 nitrogen and oxygen atoms in total. The van der Waals surface area contributed by atoms with E-state index < -0.39 is 0 Å². The molecule has 1 heterocycles. The molecule has 0 fully saturated rings. The first-order chi connectivity index (χ1) is 7.20. The third-order valence-electron chi connectivity index (χ3n) is 2.94. The van der Waals surface area contributed by atoms with Crippen molar-refractivity contribution in [2.75, 3.05) is 0 Å². The van der Waals surface area contributed by atoms with Gasteiger partial charge in [-0.2, -0.15) is 4.57 Å². The van der Waals surface area contributed by atoms with Crippen molar-refractivity contribution in [1.82, 2.24) is 0 Å². The molecular formula is C13H16NS+. The van der Waals surface area contributed by atoms with E-state index in [1.54, 1.807) is 0 Å². The second-order valence-electron chi connectivity index (χ2n) is 3.86. The van der Waals surface area contributed by atoms with Crippen molar-refractivity contribution >= 4 is 11.3 Å². The molecule has 0 aliphatic carbocycles. The fourth-order valence-electron chi connectivity index (χ4n) is 1.76. The topological polar surface area (TPSA) is 3.88 Å². The fourth-order valence-corrected chi connectivity index (χ4v) is 2.64. The SMILES string of the molecule is Cc1sc[n+](C(C)c2ccccc2)c1C. The van der Waals surface area contributed by atoms with Crippen LogP contribution in [0.3, 0.4) is 0 Å². The Balaban J connectivity index is 2.37. The van der Waals surface area contributed by atoms with Crippen LogP contribution in [-0.4, -0.2) is 0 Å².